The topological polar surface area (TPSA) is 89.8 Å². The molecule has 2 aromatic heterocycles. The molecule has 0 amide bonds. The number of nitrogens with one attached hydrogen (secondary N) is 1. The van der Waals surface area contributed by atoms with E-state index in [0.29, 0.717) is 10.3 Å². The molecule has 0 aliphatic heterocycles. The lowest BCUT2D eigenvalue weighted by molar-refractivity contribution is 0.578. The van der Waals surface area contributed by atoms with Crippen molar-refractivity contribution < 1.29 is 8.42 Å². The molecule has 0 atom stereocenters. The van der Waals surface area contributed by atoms with Crippen LogP contribution in [0.4, 0.5) is 0 Å². The molecule has 0 unspecified atom stereocenters. The molecule has 96 valence electrons. The van der Waals surface area contributed by atoms with E-state index in [1.54, 1.807) is 7.05 Å². The van der Waals surface area contributed by atoms with Gasteiger partial charge in [0, 0.05) is 23.9 Å². The van der Waals surface area contributed by atoms with E-state index >= 15 is 0 Å². The summed E-state index contributed by atoms with van der Waals surface area (Å²) < 4.78 is 28.4. The van der Waals surface area contributed by atoms with Crippen molar-refractivity contribution in [2.75, 3.05) is 0 Å². The molecule has 9 heteroatoms. The normalized spacial score (nSPS) is 11.7. The van der Waals surface area contributed by atoms with Gasteiger partial charge in [-0.3, -0.25) is 9.67 Å². The van der Waals surface area contributed by atoms with Gasteiger partial charge in [0.1, 0.15) is 11.2 Å². The molecule has 0 bridgehead atoms. The quantitative estimate of drug-likeness (QED) is 0.878. The molecular weight excluding hydrogens is 322 g/mol. The Bertz CT molecular complexity index is 654. The molecule has 1 N–H and O–H groups in total. The van der Waals surface area contributed by atoms with E-state index in [4.69, 9.17) is 0 Å². The van der Waals surface area contributed by atoms with Gasteiger partial charge in [-0.2, -0.15) is 5.10 Å². The van der Waals surface area contributed by atoms with Crippen LogP contribution in [0.25, 0.3) is 0 Å². The van der Waals surface area contributed by atoms with E-state index in [-0.39, 0.29) is 11.4 Å². The molecule has 0 aliphatic carbocycles. The fraction of sp³-hybridized carbons (Fsp3) is 0.222. The highest BCUT2D eigenvalue weighted by atomic mass is 79.9. The maximum absolute atomic E-state index is 11.9. The average Bonchev–Trinajstić information content (AvgIpc) is 2.73. The van der Waals surface area contributed by atoms with Gasteiger partial charge in [-0.1, -0.05) is 0 Å². The minimum Gasteiger partial charge on any atom is -0.262 e. The molecule has 0 saturated heterocycles. The van der Waals surface area contributed by atoms with Crippen LogP contribution in [-0.2, 0) is 23.6 Å². The summed E-state index contributed by atoms with van der Waals surface area (Å²) in [6.07, 6.45) is 4.29. The highest BCUT2D eigenvalue weighted by Gasteiger charge is 2.15. The Morgan fingerprint density at radius 2 is 2.22 bits per heavy atom. The predicted molar refractivity (Wildman–Crippen MR) is 67.0 cm³/mol. The zero-order chi connectivity index (χ0) is 13.2. The van der Waals surface area contributed by atoms with Gasteiger partial charge in [0.05, 0.1) is 6.54 Å². The van der Waals surface area contributed by atoms with Gasteiger partial charge in [-0.05, 0) is 22.0 Å². The maximum Gasteiger partial charge on any atom is 0.242 e. The van der Waals surface area contributed by atoms with Crippen molar-refractivity contribution in [1.29, 1.82) is 0 Å². The van der Waals surface area contributed by atoms with Crippen molar-refractivity contribution in [3.05, 3.63) is 35.1 Å². The largest absolute Gasteiger partial charge is 0.262 e. The monoisotopic (exact) mass is 331 g/mol. The van der Waals surface area contributed by atoms with Gasteiger partial charge < -0.3 is 0 Å². The average molecular weight is 332 g/mol. The molecule has 2 rings (SSSR count). The zero-order valence-electron chi connectivity index (χ0n) is 9.41. The van der Waals surface area contributed by atoms with Crippen LogP contribution in [0.3, 0.4) is 0 Å². The van der Waals surface area contributed by atoms with Crippen LogP contribution < -0.4 is 4.72 Å². The molecule has 2 heterocycles. The van der Waals surface area contributed by atoms with E-state index in [0.717, 1.165) is 0 Å². The van der Waals surface area contributed by atoms with Crippen molar-refractivity contribution >= 4 is 26.0 Å². The number of sulfonamides is 1. The van der Waals surface area contributed by atoms with Gasteiger partial charge in [-0.25, -0.2) is 18.1 Å². The van der Waals surface area contributed by atoms with Gasteiger partial charge in [0.2, 0.25) is 10.0 Å². The van der Waals surface area contributed by atoms with Crippen molar-refractivity contribution in [3.8, 4) is 0 Å². The molecule has 18 heavy (non-hydrogen) atoms. The van der Waals surface area contributed by atoms with E-state index in [1.165, 1.54) is 29.5 Å². The Morgan fingerprint density at radius 1 is 1.44 bits per heavy atom. The molecule has 0 saturated carbocycles. The lowest BCUT2D eigenvalue weighted by atomic mass is 10.5. The summed E-state index contributed by atoms with van der Waals surface area (Å²) in [5, 5.41) is 3.98. The summed E-state index contributed by atoms with van der Waals surface area (Å²) in [5.74, 6) is 0.407. The van der Waals surface area contributed by atoms with E-state index < -0.39 is 10.0 Å². The standard InChI is InChI=1S/C9H10BrN5O2S/c1-15-6-12-9(14-15)5-13-18(16,17)8-2-7(10)3-11-4-8/h2-4,6,13H,5H2,1H3. The lowest BCUT2D eigenvalue weighted by Gasteiger charge is -2.04. The first-order valence-corrected chi connectivity index (χ1v) is 7.20. The molecule has 0 spiro atoms. The summed E-state index contributed by atoms with van der Waals surface area (Å²) in [4.78, 5) is 7.83. The van der Waals surface area contributed by atoms with Gasteiger partial charge in [-0.15, -0.1) is 0 Å². The Balaban J connectivity index is 2.13. The van der Waals surface area contributed by atoms with Crippen LogP contribution in [0.1, 0.15) is 5.82 Å². The molecule has 2 aromatic rings. The van der Waals surface area contributed by atoms with Crippen LogP contribution in [0, 0.1) is 0 Å². The second kappa shape index (κ2) is 5.12. The smallest absolute Gasteiger partial charge is 0.242 e. The number of halogens is 1. The Morgan fingerprint density at radius 3 is 2.83 bits per heavy atom. The molecule has 0 radical (unpaired) electrons. The van der Waals surface area contributed by atoms with E-state index in [2.05, 4.69) is 35.7 Å². The maximum atomic E-state index is 11.9. The summed E-state index contributed by atoms with van der Waals surface area (Å²) in [6, 6.07) is 1.47. The fourth-order valence-corrected chi connectivity index (χ4v) is 2.73. The van der Waals surface area contributed by atoms with E-state index in [1.807, 2.05) is 0 Å². The lowest BCUT2D eigenvalue weighted by Crippen LogP contribution is -2.24. The minimum atomic E-state index is -3.60. The third-order valence-electron chi connectivity index (χ3n) is 2.06. The molecule has 7 nitrogen and oxygen atoms in total. The van der Waals surface area contributed by atoms with Crippen LogP contribution in [0.15, 0.2) is 34.2 Å². The predicted octanol–water partition coefficient (Wildman–Crippen LogP) is 0.451. The first-order chi connectivity index (χ1) is 8.47. The number of aromatic nitrogens is 4. The van der Waals surface area contributed by atoms with Crippen LogP contribution in [0.5, 0.6) is 0 Å². The SMILES string of the molecule is Cn1cnc(CNS(=O)(=O)c2cncc(Br)c2)n1. The van der Waals surface area contributed by atoms with Crippen molar-refractivity contribution in [3.63, 3.8) is 0 Å². The van der Waals surface area contributed by atoms with Crippen LogP contribution in [0.2, 0.25) is 0 Å². The minimum absolute atomic E-state index is 0.0374. The molecule has 0 aliphatic rings. The summed E-state index contributed by atoms with van der Waals surface area (Å²) >= 11 is 3.17. The third-order valence-corrected chi connectivity index (χ3v) is 3.86. The second-order valence-electron chi connectivity index (χ2n) is 3.50. The van der Waals surface area contributed by atoms with Crippen LogP contribution in [-0.4, -0.2) is 28.2 Å². The first kappa shape index (κ1) is 13.1. The van der Waals surface area contributed by atoms with Gasteiger partial charge in [0.25, 0.3) is 0 Å². The summed E-state index contributed by atoms with van der Waals surface area (Å²) in [6.45, 7) is 0.0374. The van der Waals surface area contributed by atoms with Crippen molar-refractivity contribution in [1.82, 2.24) is 24.5 Å². The number of nitrogens with zero attached hydrogens (tertiary/aromatic N) is 4. The Labute approximate surface area is 112 Å². The second-order valence-corrected chi connectivity index (χ2v) is 6.18. The number of hydrogen-bond acceptors (Lipinski definition) is 5. The van der Waals surface area contributed by atoms with Crippen LogP contribution >= 0.6 is 15.9 Å². The number of pyridine rings is 1. The number of rotatable bonds is 4. The third kappa shape index (κ3) is 3.12. The molecule has 0 aromatic carbocycles. The summed E-state index contributed by atoms with van der Waals surface area (Å²) in [7, 11) is -1.89. The zero-order valence-corrected chi connectivity index (χ0v) is 11.8. The number of aryl methyl sites for hydroxylation is 1. The van der Waals surface area contributed by atoms with Crippen molar-refractivity contribution in [2.45, 2.75) is 11.4 Å². The van der Waals surface area contributed by atoms with Gasteiger partial charge in [0.15, 0.2) is 5.82 Å². The Kier molecular flexibility index (Phi) is 3.73. The highest BCUT2D eigenvalue weighted by Crippen LogP contribution is 2.14. The molecular formula is C9H10BrN5O2S. The number of hydrogen-bond donors (Lipinski definition) is 1. The Hall–Kier alpha value is -1.32. The fourth-order valence-electron chi connectivity index (χ4n) is 1.25. The van der Waals surface area contributed by atoms with Crippen molar-refractivity contribution in [2.24, 2.45) is 7.05 Å². The van der Waals surface area contributed by atoms with E-state index in [9.17, 15) is 8.42 Å². The molecule has 0 fully saturated rings. The summed E-state index contributed by atoms with van der Waals surface area (Å²) in [5.41, 5.74) is 0. The first-order valence-electron chi connectivity index (χ1n) is 4.92. The highest BCUT2D eigenvalue weighted by molar-refractivity contribution is 9.10. The van der Waals surface area contributed by atoms with Gasteiger partial charge >= 0.3 is 0 Å².